The molecule has 2 aliphatic rings. The van der Waals surface area contributed by atoms with Gasteiger partial charge in [0.15, 0.2) is 6.23 Å². The predicted molar refractivity (Wildman–Crippen MR) is 424 cm³/mol. The minimum absolute atomic E-state index is 0.150. The smallest absolute Gasteiger partial charge is 0.180 e. The average molecular weight is 1440 g/mol. The van der Waals surface area contributed by atoms with E-state index in [0.29, 0.717) is 31.1 Å². The molecule has 14 aromatic rings. The highest BCUT2D eigenvalue weighted by Gasteiger charge is 2.42. The van der Waals surface area contributed by atoms with Crippen molar-refractivity contribution in [1.29, 1.82) is 0 Å². The van der Waals surface area contributed by atoms with E-state index in [0.717, 1.165) is 129 Å². The van der Waals surface area contributed by atoms with Crippen LogP contribution in [0.25, 0.3) is 32.3 Å². The molecule has 0 saturated carbocycles. The summed E-state index contributed by atoms with van der Waals surface area (Å²) in [5.74, 6) is 6.36. The van der Waals surface area contributed by atoms with Crippen molar-refractivity contribution in [2.24, 2.45) is 5.73 Å². The Morgan fingerprint density at radius 2 is 0.741 bits per heavy atom. The van der Waals surface area contributed by atoms with Gasteiger partial charge in [0.1, 0.15) is 75.3 Å². The van der Waals surface area contributed by atoms with Crippen molar-refractivity contribution < 1.29 is 63.5 Å². The Balaban J connectivity index is 0.000000144. The summed E-state index contributed by atoms with van der Waals surface area (Å²) in [5, 5.41) is 57.2. The maximum absolute atomic E-state index is 11.3. The number of carbonyl (C=O) groups is 1. The van der Waals surface area contributed by atoms with Crippen molar-refractivity contribution in [3.8, 4) is 69.0 Å². The van der Waals surface area contributed by atoms with E-state index in [2.05, 4.69) is 76.5 Å². The van der Waals surface area contributed by atoms with E-state index in [1.54, 1.807) is 97.3 Å². The van der Waals surface area contributed by atoms with Gasteiger partial charge in [-0.05, 0) is 122 Å². The van der Waals surface area contributed by atoms with Gasteiger partial charge in [-0.2, -0.15) is 0 Å². The Labute approximate surface area is 628 Å². The summed E-state index contributed by atoms with van der Waals surface area (Å²) in [7, 11) is 9.87. The van der Waals surface area contributed by atoms with Crippen molar-refractivity contribution in [2.75, 3.05) is 42.7 Å². The van der Waals surface area contributed by atoms with Gasteiger partial charge in [0.05, 0.1) is 60.8 Å². The molecular weight excluding hydrogens is 1360 g/mol. The fourth-order valence-corrected chi connectivity index (χ4v) is 14.0. The standard InChI is InChI=1S/2C33H29NO4.C10H8O2.C9H13NO2.C7H6O/c1-36-27-17-14-25(30(20-27)37-2)21-34-32(23-9-5-3-6-10-23)31-28-19-26(35)16-13-22(28)15-18-29(31)38-33(34)24-11-7-4-8-12-24;1-37-25-16-13-24(28(19-25)38-2)20-34-32(22-9-5-3-6-10-22)30-26(35)17-14-21-15-18-27(36)31(29(21)30)33(34)23-11-7-4-8-12-23;11-9-3-1-7-2-4-10(12)6-8(7)5-9;1-11-8-4-3-7(6-10)9(5-8)12-2;8-6-7-4-2-1-3-5-7/h3-20,32-33,35H,21H2,1-2H3;3-19,32-33,35-36H,20H2,1-2H3;1-6,11-12H;3-5H,6,10H2,1-2H3;1-6H/t;32-,33-;;;/m.1.../s1. The van der Waals surface area contributed by atoms with Crippen LogP contribution in [0, 0.1) is 0 Å². The number of carbonyl (C=O) groups excluding carboxylic acids is 1. The zero-order valence-corrected chi connectivity index (χ0v) is 60.8. The highest BCUT2D eigenvalue weighted by Crippen LogP contribution is 2.55. The number of ether oxygens (including phenoxy) is 7. The van der Waals surface area contributed by atoms with E-state index in [1.807, 2.05) is 176 Å². The highest BCUT2D eigenvalue weighted by molar-refractivity contribution is 5.95. The molecule has 16 rings (SSSR count). The van der Waals surface area contributed by atoms with Gasteiger partial charge in [0.25, 0.3) is 0 Å². The molecule has 0 aromatic heterocycles. The molecule has 0 aliphatic carbocycles. The molecule has 2 heterocycles. The number of aromatic hydroxyl groups is 5. The van der Waals surface area contributed by atoms with Gasteiger partial charge in [-0.1, -0.05) is 206 Å². The summed E-state index contributed by atoms with van der Waals surface area (Å²) in [6.45, 7) is 1.53. The lowest BCUT2D eigenvalue weighted by Gasteiger charge is -2.44. The lowest BCUT2D eigenvalue weighted by molar-refractivity contribution is -0.0255. The molecule has 4 atom stereocenters. The van der Waals surface area contributed by atoms with Gasteiger partial charge in [-0.3, -0.25) is 9.69 Å². The summed E-state index contributed by atoms with van der Waals surface area (Å²) in [4.78, 5) is 14.7. The van der Waals surface area contributed by atoms with E-state index < -0.39 is 0 Å². The first-order chi connectivity index (χ1) is 52.8. The molecule has 0 amide bonds. The average Bonchev–Trinajstić information content (AvgIpc) is 0.715. The summed E-state index contributed by atoms with van der Waals surface area (Å²) in [5.41, 5.74) is 16.1. The number of methoxy groups -OCH3 is 6. The summed E-state index contributed by atoms with van der Waals surface area (Å²) in [6, 6.07) is 94.0. The molecule has 0 fully saturated rings. The van der Waals surface area contributed by atoms with Crippen molar-refractivity contribution in [1.82, 2.24) is 9.80 Å². The first-order valence-electron chi connectivity index (χ1n) is 35.1. The van der Waals surface area contributed by atoms with Crippen molar-refractivity contribution in [2.45, 2.75) is 44.0 Å². The van der Waals surface area contributed by atoms with Crippen LogP contribution in [-0.4, -0.2) is 84.3 Å². The molecule has 108 heavy (non-hydrogen) atoms. The summed E-state index contributed by atoms with van der Waals surface area (Å²) in [6.07, 6.45) is 0.482. The second-order valence-corrected chi connectivity index (χ2v) is 25.6. The van der Waals surface area contributed by atoms with Gasteiger partial charge < -0.3 is 64.4 Å². The number of benzene rings is 14. The zero-order valence-electron chi connectivity index (χ0n) is 60.8. The molecule has 2 aliphatic heterocycles. The maximum Gasteiger partial charge on any atom is 0.180 e. The SMILES string of the molecule is COc1ccc(CN)c(OC)c1.COc1ccc(CN2C(c3ccccc3)Oc3ccc4ccc(O)cc4c3C2c2ccccc2)c(OC)c1.COc1ccc(CN2[C@H](c3ccccc3)c3c(O)ccc4ccc(O)c(c34)[C@H]2c2ccccc2)c(OC)c1.O=Cc1ccccc1.Oc1ccc2ccc(O)cc2c1. The number of nitrogens with zero attached hydrogens (tertiary/aromatic N) is 2. The Morgan fingerprint density at radius 1 is 0.361 bits per heavy atom. The molecule has 546 valence electrons. The molecule has 0 bridgehead atoms. The quantitative estimate of drug-likeness (QED) is 0.0496. The summed E-state index contributed by atoms with van der Waals surface area (Å²) < 4.78 is 39.4. The molecule has 0 radical (unpaired) electrons. The number of nitrogens with two attached hydrogens (primary N) is 1. The van der Waals surface area contributed by atoms with Crippen LogP contribution in [0.3, 0.4) is 0 Å². The number of hydrogen-bond donors (Lipinski definition) is 6. The Kier molecular flexibility index (Phi) is 24.3. The third-order valence-electron chi connectivity index (χ3n) is 19.2. The van der Waals surface area contributed by atoms with Crippen LogP contribution in [0.5, 0.6) is 69.0 Å². The highest BCUT2D eigenvalue weighted by atomic mass is 16.5. The number of aldehydes is 1. The van der Waals surface area contributed by atoms with Crippen molar-refractivity contribution >= 4 is 38.6 Å². The van der Waals surface area contributed by atoms with Crippen LogP contribution >= 0.6 is 0 Å². The van der Waals surface area contributed by atoms with Crippen LogP contribution in [0.15, 0.2) is 297 Å². The largest absolute Gasteiger partial charge is 0.508 e. The van der Waals surface area contributed by atoms with Crippen LogP contribution in [0.2, 0.25) is 0 Å². The Morgan fingerprint density at radius 3 is 1.17 bits per heavy atom. The number of rotatable bonds is 16. The van der Waals surface area contributed by atoms with E-state index in [-0.39, 0.29) is 53.1 Å². The van der Waals surface area contributed by atoms with Gasteiger partial charge in [0, 0.05) is 82.3 Å². The second-order valence-electron chi connectivity index (χ2n) is 25.6. The monoisotopic (exact) mass is 1440 g/mol. The molecule has 2 unspecified atom stereocenters. The van der Waals surface area contributed by atoms with Crippen LogP contribution in [-0.2, 0) is 19.6 Å². The lowest BCUT2D eigenvalue weighted by atomic mass is 9.79. The fourth-order valence-electron chi connectivity index (χ4n) is 14.0. The fraction of sp³-hybridized carbons (Fsp3) is 0.141. The van der Waals surface area contributed by atoms with Crippen LogP contribution in [0.4, 0.5) is 0 Å². The molecule has 7 N–H and O–H groups in total. The second kappa shape index (κ2) is 35.2. The van der Waals surface area contributed by atoms with Gasteiger partial charge >= 0.3 is 0 Å². The Bertz CT molecular complexity index is 5170. The minimum Gasteiger partial charge on any atom is -0.508 e. The number of phenolic OH excluding ortho intramolecular Hbond substituents is 5. The molecule has 16 nitrogen and oxygen atoms in total. The van der Waals surface area contributed by atoms with E-state index in [1.165, 1.54) is 0 Å². The lowest BCUT2D eigenvalue weighted by Crippen LogP contribution is -2.40. The minimum atomic E-state index is -0.351. The van der Waals surface area contributed by atoms with Crippen molar-refractivity contribution in [3.63, 3.8) is 0 Å². The molecule has 14 aromatic carbocycles. The summed E-state index contributed by atoms with van der Waals surface area (Å²) >= 11 is 0. The van der Waals surface area contributed by atoms with Gasteiger partial charge in [0.2, 0.25) is 0 Å². The van der Waals surface area contributed by atoms with Gasteiger partial charge in [-0.15, -0.1) is 0 Å². The van der Waals surface area contributed by atoms with E-state index in [9.17, 15) is 20.1 Å². The molecule has 16 heteroatoms. The third-order valence-corrected chi connectivity index (χ3v) is 19.2. The number of fused-ring (bicyclic) bond motifs is 4. The van der Waals surface area contributed by atoms with E-state index >= 15 is 0 Å². The topological polar surface area (TPSA) is 215 Å². The predicted octanol–water partition coefficient (Wildman–Crippen LogP) is 19.1. The van der Waals surface area contributed by atoms with E-state index in [4.69, 9.17) is 49.1 Å². The number of hydrogen-bond acceptors (Lipinski definition) is 16. The van der Waals surface area contributed by atoms with Gasteiger partial charge in [-0.25, -0.2) is 4.90 Å². The van der Waals surface area contributed by atoms with Crippen LogP contribution in [0.1, 0.15) is 90.3 Å². The first kappa shape index (κ1) is 74.7. The maximum atomic E-state index is 11.3. The zero-order chi connectivity index (χ0) is 75.6. The third kappa shape index (κ3) is 16.9. The van der Waals surface area contributed by atoms with Crippen LogP contribution < -0.4 is 38.9 Å². The number of phenols is 5. The first-order valence-corrected chi connectivity index (χ1v) is 35.1. The molecular formula is C92H85N3O13. The molecule has 0 spiro atoms. The Hall–Kier alpha value is -13.0. The molecule has 0 saturated heterocycles. The van der Waals surface area contributed by atoms with Crippen molar-refractivity contribution in [3.05, 3.63) is 358 Å². The normalized spacial score (nSPS) is 14.8.